The maximum atomic E-state index is 12.0. The number of hydrogen-bond acceptors (Lipinski definition) is 4. The molecule has 2 aromatic carbocycles. The van der Waals surface area contributed by atoms with Crippen LogP contribution in [0, 0.1) is 0 Å². The van der Waals surface area contributed by atoms with Crippen LogP contribution in [0.2, 0.25) is 0 Å². The predicted octanol–water partition coefficient (Wildman–Crippen LogP) is 1.88. The van der Waals surface area contributed by atoms with Crippen LogP contribution >= 0.6 is 0 Å². The fraction of sp³-hybridized carbons (Fsp3) is 0. The summed E-state index contributed by atoms with van der Waals surface area (Å²) in [4.78, 5) is 22.4. The number of hydrogen-bond donors (Lipinski definition) is 3. The van der Waals surface area contributed by atoms with Crippen LogP contribution in [-0.4, -0.2) is 30.0 Å². The van der Waals surface area contributed by atoms with Gasteiger partial charge in [0.05, 0.1) is 10.5 Å². The molecule has 114 valence electrons. The second kappa shape index (κ2) is 5.96. The number of carbonyl (C=O) groups excluding carboxylic acids is 1. The minimum Gasteiger partial charge on any atom is -0.478 e. The number of carboxylic acid groups (broad SMARTS) is 1. The maximum Gasteiger partial charge on any atom is 0.335 e. The highest BCUT2D eigenvalue weighted by Crippen LogP contribution is 2.20. The topological polar surface area (TPSA) is 121 Å². The minimum absolute atomic E-state index is 0.0543. The predicted molar refractivity (Wildman–Crippen MR) is 77.6 cm³/mol. The van der Waals surface area contributed by atoms with Gasteiger partial charge in [0.2, 0.25) is 0 Å². The van der Waals surface area contributed by atoms with Crippen molar-refractivity contribution in [3.63, 3.8) is 0 Å². The van der Waals surface area contributed by atoms with Crippen molar-refractivity contribution in [3.05, 3.63) is 59.7 Å². The molecule has 0 saturated heterocycles. The molecule has 0 bridgehead atoms. The molecule has 8 heteroatoms. The second-order valence-corrected chi connectivity index (χ2v) is 5.77. The van der Waals surface area contributed by atoms with Gasteiger partial charge in [-0.3, -0.25) is 9.35 Å². The number of aromatic carboxylic acids is 1. The Bertz CT molecular complexity index is 830. The first-order chi connectivity index (χ1) is 10.3. The molecule has 0 aliphatic carbocycles. The Morgan fingerprint density at radius 1 is 0.955 bits per heavy atom. The molecule has 0 aliphatic rings. The summed E-state index contributed by atoms with van der Waals surface area (Å²) in [5.74, 6) is -1.93. The van der Waals surface area contributed by atoms with Crippen LogP contribution in [0.25, 0.3) is 0 Å². The lowest BCUT2D eigenvalue weighted by Crippen LogP contribution is -2.13. The summed E-state index contributed by atoms with van der Waals surface area (Å²) in [7, 11) is -4.60. The number of amides is 1. The Labute approximate surface area is 126 Å². The van der Waals surface area contributed by atoms with Gasteiger partial charge in [0, 0.05) is 11.3 Å². The monoisotopic (exact) mass is 321 g/mol. The van der Waals surface area contributed by atoms with E-state index in [1.807, 2.05) is 0 Å². The van der Waals surface area contributed by atoms with E-state index in [4.69, 9.17) is 9.66 Å². The van der Waals surface area contributed by atoms with Crippen molar-refractivity contribution in [1.29, 1.82) is 0 Å². The largest absolute Gasteiger partial charge is 0.478 e. The molecule has 0 radical (unpaired) electrons. The molecule has 0 spiro atoms. The summed E-state index contributed by atoms with van der Waals surface area (Å²) in [6, 6.07) is 11.0. The van der Waals surface area contributed by atoms with Crippen molar-refractivity contribution in [1.82, 2.24) is 0 Å². The maximum absolute atomic E-state index is 12.0. The summed E-state index contributed by atoms with van der Waals surface area (Å²) in [6.07, 6.45) is 0. The third-order valence-electron chi connectivity index (χ3n) is 2.75. The van der Waals surface area contributed by atoms with Gasteiger partial charge in [-0.15, -0.1) is 0 Å². The molecule has 0 atom stereocenters. The standard InChI is InChI=1S/C14H11NO6S/c16-13(9-4-2-1-3-5-9)15-11-6-10(14(17)18)7-12(8-11)22(19,20)21/h1-8H,(H,15,16)(H,17,18)(H,19,20,21). The van der Waals surface area contributed by atoms with E-state index >= 15 is 0 Å². The molecule has 3 N–H and O–H groups in total. The smallest absolute Gasteiger partial charge is 0.335 e. The average Bonchev–Trinajstić information content (AvgIpc) is 2.46. The van der Waals surface area contributed by atoms with Crippen LogP contribution < -0.4 is 5.32 Å². The van der Waals surface area contributed by atoms with Gasteiger partial charge in [-0.05, 0) is 30.3 Å². The van der Waals surface area contributed by atoms with E-state index in [9.17, 15) is 18.0 Å². The van der Waals surface area contributed by atoms with Gasteiger partial charge >= 0.3 is 5.97 Å². The number of anilines is 1. The number of nitrogens with one attached hydrogen (secondary N) is 1. The third-order valence-corrected chi connectivity index (χ3v) is 3.58. The summed E-state index contributed by atoms with van der Waals surface area (Å²) in [5.41, 5.74) is -0.114. The molecule has 2 rings (SSSR count). The molecule has 0 unspecified atom stereocenters. The van der Waals surface area contributed by atoms with Crippen molar-refractivity contribution in [3.8, 4) is 0 Å². The van der Waals surface area contributed by atoms with Gasteiger partial charge in [-0.25, -0.2) is 4.79 Å². The Hall–Kier alpha value is -2.71. The lowest BCUT2D eigenvalue weighted by Gasteiger charge is -2.08. The number of carboxylic acids is 1. The van der Waals surface area contributed by atoms with Crippen LogP contribution in [0.1, 0.15) is 20.7 Å². The van der Waals surface area contributed by atoms with E-state index in [1.54, 1.807) is 30.3 Å². The second-order valence-electron chi connectivity index (χ2n) is 4.35. The molecule has 0 heterocycles. The van der Waals surface area contributed by atoms with Crippen LogP contribution in [0.5, 0.6) is 0 Å². The molecule has 22 heavy (non-hydrogen) atoms. The zero-order chi connectivity index (χ0) is 16.3. The van der Waals surface area contributed by atoms with Crippen molar-refractivity contribution >= 4 is 27.7 Å². The van der Waals surface area contributed by atoms with E-state index in [0.29, 0.717) is 5.56 Å². The number of benzene rings is 2. The van der Waals surface area contributed by atoms with Crippen LogP contribution in [0.15, 0.2) is 53.4 Å². The SMILES string of the molecule is O=C(O)c1cc(NC(=O)c2ccccc2)cc(S(=O)(=O)O)c1. The first-order valence-corrected chi connectivity index (χ1v) is 7.43. The van der Waals surface area contributed by atoms with Crippen molar-refractivity contribution < 1.29 is 27.7 Å². The first-order valence-electron chi connectivity index (χ1n) is 5.99. The Morgan fingerprint density at radius 3 is 2.14 bits per heavy atom. The van der Waals surface area contributed by atoms with E-state index < -0.39 is 26.9 Å². The van der Waals surface area contributed by atoms with Gasteiger partial charge < -0.3 is 10.4 Å². The summed E-state index contributed by atoms with van der Waals surface area (Å²) < 4.78 is 31.4. The van der Waals surface area contributed by atoms with E-state index in [2.05, 4.69) is 5.32 Å². The van der Waals surface area contributed by atoms with Crippen molar-refractivity contribution in [2.75, 3.05) is 5.32 Å². The number of carbonyl (C=O) groups is 2. The molecule has 0 aromatic heterocycles. The quantitative estimate of drug-likeness (QED) is 0.739. The summed E-state index contributed by atoms with van der Waals surface area (Å²) >= 11 is 0. The van der Waals surface area contributed by atoms with E-state index in [1.165, 1.54) is 0 Å². The van der Waals surface area contributed by atoms with Crippen LogP contribution in [0.3, 0.4) is 0 Å². The van der Waals surface area contributed by atoms with E-state index in [-0.39, 0.29) is 11.3 Å². The number of rotatable bonds is 4. The lowest BCUT2D eigenvalue weighted by molar-refractivity contribution is 0.0696. The average molecular weight is 321 g/mol. The first kappa shape index (κ1) is 15.7. The van der Waals surface area contributed by atoms with Crippen LogP contribution in [-0.2, 0) is 10.1 Å². The zero-order valence-corrected chi connectivity index (χ0v) is 11.9. The molecular formula is C14H11NO6S. The normalized spacial score (nSPS) is 11.0. The lowest BCUT2D eigenvalue weighted by atomic mass is 10.1. The van der Waals surface area contributed by atoms with Gasteiger partial charge in [0.25, 0.3) is 16.0 Å². The summed E-state index contributed by atoms with van der Waals surface area (Å²) in [5, 5.41) is 11.3. The molecule has 2 aromatic rings. The molecule has 0 fully saturated rings. The van der Waals surface area contributed by atoms with Gasteiger partial charge in [-0.1, -0.05) is 18.2 Å². The van der Waals surface area contributed by atoms with Crippen molar-refractivity contribution in [2.45, 2.75) is 4.90 Å². The Balaban J connectivity index is 2.41. The third kappa shape index (κ3) is 3.68. The highest BCUT2D eigenvalue weighted by molar-refractivity contribution is 7.85. The fourth-order valence-electron chi connectivity index (χ4n) is 1.74. The van der Waals surface area contributed by atoms with Gasteiger partial charge in [0.15, 0.2) is 0 Å². The molecule has 7 nitrogen and oxygen atoms in total. The Morgan fingerprint density at radius 2 is 1.59 bits per heavy atom. The van der Waals surface area contributed by atoms with Crippen molar-refractivity contribution in [2.24, 2.45) is 0 Å². The van der Waals surface area contributed by atoms with Gasteiger partial charge in [-0.2, -0.15) is 8.42 Å². The molecular weight excluding hydrogens is 310 g/mol. The zero-order valence-electron chi connectivity index (χ0n) is 11.1. The molecule has 1 amide bonds. The Kier molecular flexibility index (Phi) is 4.25. The highest BCUT2D eigenvalue weighted by Gasteiger charge is 2.16. The van der Waals surface area contributed by atoms with Crippen LogP contribution in [0.4, 0.5) is 5.69 Å². The van der Waals surface area contributed by atoms with E-state index in [0.717, 1.165) is 18.2 Å². The minimum atomic E-state index is -4.60. The molecule has 0 aliphatic heterocycles. The highest BCUT2D eigenvalue weighted by atomic mass is 32.2. The molecule has 0 saturated carbocycles. The fourth-order valence-corrected chi connectivity index (χ4v) is 2.29. The van der Waals surface area contributed by atoms with Gasteiger partial charge in [0.1, 0.15) is 0 Å². The summed E-state index contributed by atoms with van der Waals surface area (Å²) in [6.45, 7) is 0.